The summed E-state index contributed by atoms with van der Waals surface area (Å²) in [7, 11) is 0. The normalized spacial score (nSPS) is 9.94. The summed E-state index contributed by atoms with van der Waals surface area (Å²) in [5, 5.41) is 8.92. The minimum absolute atomic E-state index is 0.0382. The van der Waals surface area contributed by atoms with Crippen LogP contribution in [0.4, 0.5) is 4.39 Å². The Bertz CT molecular complexity index is 543. The zero-order valence-electron chi connectivity index (χ0n) is 8.63. The van der Waals surface area contributed by atoms with Crippen molar-refractivity contribution in [1.29, 1.82) is 0 Å². The fourth-order valence-electron chi connectivity index (χ4n) is 1.29. The van der Waals surface area contributed by atoms with Gasteiger partial charge in [0.2, 0.25) is 0 Å². The quantitative estimate of drug-likeness (QED) is 0.885. The Balaban J connectivity index is 2.37. The van der Waals surface area contributed by atoms with Crippen molar-refractivity contribution in [2.75, 3.05) is 0 Å². The van der Waals surface area contributed by atoms with Gasteiger partial charge in [0.05, 0.1) is 0 Å². The summed E-state index contributed by atoms with van der Waals surface area (Å²) in [5.74, 6) is -1.37. The number of carboxylic acid groups (broad SMARTS) is 1. The monoisotopic (exact) mass is 233 g/mol. The molecule has 5 heteroatoms. The molecule has 86 valence electrons. The molecule has 17 heavy (non-hydrogen) atoms. The number of pyridine rings is 1. The van der Waals surface area contributed by atoms with Crippen molar-refractivity contribution < 1.29 is 19.0 Å². The van der Waals surface area contributed by atoms with E-state index >= 15 is 0 Å². The highest BCUT2D eigenvalue weighted by molar-refractivity contribution is 5.90. The lowest BCUT2D eigenvalue weighted by atomic mass is 10.2. The zero-order chi connectivity index (χ0) is 12.3. The lowest BCUT2D eigenvalue weighted by molar-refractivity contribution is 0.0694. The van der Waals surface area contributed by atoms with Crippen LogP contribution in [0.15, 0.2) is 42.7 Å². The van der Waals surface area contributed by atoms with Crippen LogP contribution in [-0.4, -0.2) is 16.1 Å². The third kappa shape index (κ3) is 2.57. The smallest absolute Gasteiger partial charge is 0.339 e. The van der Waals surface area contributed by atoms with E-state index < -0.39 is 11.8 Å². The molecule has 0 unspecified atom stereocenters. The van der Waals surface area contributed by atoms with Gasteiger partial charge in [-0.3, -0.25) is 4.98 Å². The lowest BCUT2D eigenvalue weighted by Gasteiger charge is -2.08. The number of aromatic carboxylic acids is 1. The Kier molecular flexibility index (Phi) is 3.00. The average Bonchev–Trinajstić information content (AvgIpc) is 2.30. The van der Waals surface area contributed by atoms with Gasteiger partial charge in [0.15, 0.2) is 0 Å². The van der Waals surface area contributed by atoms with E-state index in [-0.39, 0.29) is 11.3 Å². The molecule has 0 aliphatic heterocycles. The van der Waals surface area contributed by atoms with Gasteiger partial charge in [-0.25, -0.2) is 9.18 Å². The number of hydrogen-bond acceptors (Lipinski definition) is 3. The first-order valence-corrected chi connectivity index (χ1v) is 4.77. The molecule has 1 heterocycles. The number of carboxylic acids is 1. The van der Waals surface area contributed by atoms with Crippen LogP contribution in [0.2, 0.25) is 0 Å². The fourth-order valence-corrected chi connectivity index (χ4v) is 1.29. The summed E-state index contributed by atoms with van der Waals surface area (Å²) in [6, 6.07) is 6.37. The molecule has 0 atom stereocenters. The van der Waals surface area contributed by atoms with Gasteiger partial charge in [0.25, 0.3) is 0 Å². The zero-order valence-corrected chi connectivity index (χ0v) is 8.63. The van der Waals surface area contributed by atoms with E-state index in [9.17, 15) is 9.18 Å². The predicted molar refractivity (Wildman–Crippen MR) is 57.7 cm³/mol. The largest absolute Gasteiger partial charge is 0.478 e. The second kappa shape index (κ2) is 4.61. The number of benzene rings is 1. The highest BCUT2D eigenvalue weighted by atomic mass is 19.1. The number of aromatic nitrogens is 1. The third-order valence-corrected chi connectivity index (χ3v) is 2.05. The molecule has 0 spiro atoms. The van der Waals surface area contributed by atoms with E-state index in [1.165, 1.54) is 12.4 Å². The Labute approximate surface area is 96.3 Å². The van der Waals surface area contributed by atoms with Gasteiger partial charge < -0.3 is 9.84 Å². The summed E-state index contributed by atoms with van der Waals surface area (Å²) in [4.78, 5) is 14.7. The third-order valence-electron chi connectivity index (χ3n) is 2.05. The van der Waals surface area contributed by atoms with Gasteiger partial charge in [0.1, 0.15) is 22.9 Å². The predicted octanol–water partition coefficient (Wildman–Crippen LogP) is 2.71. The van der Waals surface area contributed by atoms with Crippen molar-refractivity contribution in [3.8, 4) is 11.5 Å². The molecule has 0 aliphatic carbocycles. The van der Waals surface area contributed by atoms with Crippen molar-refractivity contribution >= 4 is 5.97 Å². The van der Waals surface area contributed by atoms with Gasteiger partial charge in [-0.15, -0.1) is 0 Å². The first-order valence-electron chi connectivity index (χ1n) is 4.77. The number of ether oxygens (including phenoxy) is 1. The Hall–Kier alpha value is -2.43. The van der Waals surface area contributed by atoms with E-state index in [0.29, 0.717) is 5.75 Å². The maximum atomic E-state index is 13.0. The molecule has 0 bridgehead atoms. The highest BCUT2D eigenvalue weighted by Gasteiger charge is 2.12. The summed E-state index contributed by atoms with van der Waals surface area (Å²) in [5.41, 5.74) is -0.0942. The molecule has 4 nitrogen and oxygen atoms in total. The van der Waals surface area contributed by atoms with Gasteiger partial charge >= 0.3 is 5.97 Å². The number of nitrogens with zero attached hydrogens (tertiary/aromatic N) is 1. The molecule has 0 amide bonds. The lowest BCUT2D eigenvalue weighted by Crippen LogP contribution is -2.00. The number of rotatable bonds is 3. The van der Waals surface area contributed by atoms with E-state index in [1.54, 1.807) is 12.1 Å². The second-order valence-corrected chi connectivity index (χ2v) is 3.23. The van der Waals surface area contributed by atoms with Crippen LogP contribution in [0.25, 0.3) is 0 Å². The van der Waals surface area contributed by atoms with E-state index in [2.05, 4.69) is 4.98 Å². The topological polar surface area (TPSA) is 59.4 Å². The molecule has 0 saturated heterocycles. The summed E-state index contributed by atoms with van der Waals surface area (Å²) in [6.07, 6.45) is 2.99. The molecule has 1 aromatic heterocycles. The SMILES string of the molecule is O=C(O)c1ccc(F)cc1Oc1ccncc1. The van der Waals surface area contributed by atoms with Gasteiger partial charge in [-0.1, -0.05) is 0 Å². The second-order valence-electron chi connectivity index (χ2n) is 3.23. The van der Waals surface area contributed by atoms with Crippen LogP contribution in [0.3, 0.4) is 0 Å². The summed E-state index contributed by atoms with van der Waals surface area (Å²) >= 11 is 0. The maximum Gasteiger partial charge on any atom is 0.339 e. The number of halogens is 1. The molecule has 2 aromatic rings. The minimum Gasteiger partial charge on any atom is -0.478 e. The van der Waals surface area contributed by atoms with Crippen molar-refractivity contribution in [2.24, 2.45) is 0 Å². The molecule has 1 aromatic carbocycles. The molecular formula is C12H8FNO3. The highest BCUT2D eigenvalue weighted by Crippen LogP contribution is 2.25. The van der Waals surface area contributed by atoms with Crippen molar-refractivity contribution in [3.05, 3.63) is 54.1 Å². The van der Waals surface area contributed by atoms with Crippen molar-refractivity contribution in [2.45, 2.75) is 0 Å². The van der Waals surface area contributed by atoms with E-state index in [1.807, 2.05) is 0 Å². The molecule has 1 N–H and O–H groups in total. The molecule has 0 aliphatic rings. The first-order chi connectivity index (χ1) is 8.16. The van der Waals surface area contributed by atoms with Crippen LogP contribution in [0.5, 0.6) is 11.5 Å². The van der Waals surface area contributed by atoms with Crippen LogP contribution in [-0.2, 0) is 0 Å². The van der Waals surface area contributed by atoms with E-state index in [0.717, 1.165) is 18.2 Å². The van der Waals surface area contributed by atoms with Crippen LogP contribution >= 0.6 is 0 Å². The summed E-state index contributed by atoms with van der Waals surface area (Å²) in [6.45, 7) is 0. The van der Waals surface area contributed by atoms with E-state index in [4.69, 9.17) is 9.84 Å². The van der Waals surface area contributed by atoms with Gasteiger partial charge in [0, 0.05) is 18.5 Å². The van der Waals surface area contributed by atoms with Crippen molar-refractivity contribution in [3.63, 3.8) is 0 Å². The Morgan fingerprint density at radius 3 is 2.59 bits per heavy atom. The van der Waals surface area contributed by atoms with Crippen LogP contribution in [0.1, 0.15) is 10.4 Å². The van der Waals surface area contributed by atoms with Gasteiger partial charge in [-0.05, 0) is 24.3 Å². The van der Waals surface area contributed by atoms with Crippen molar-refractivity contribution in [1.82, 2.24) is 4.98 Å². The van der Waals surface area contributed by atoms with Crippen LogP contribution in [0, 0.1) is 5.82 Å². The maximum absolute atomic E-state index is 13.0. The van der Waals surface area contributed by atoms with Gasteiger partial charge in [-0.2, -0.15) is 0 Å². The Morgan fingerprint density at radius 2 is 1.94 bits per heavy atom. The molecule has 2 rings (SSSR count). The molecule has 0 saturated carbocycles. The fraction of sp³-hybridized carbons (Fsp3) is 0. The minimum atomic E-state index is -1.17. The molecular weight excluding hydrogens is 225 g/mol. The van der Waals surface area contributed by atoms with Crippen LogP contribution < -0.4 is 4.74 Å². The first kappa shape index (κ1) is 11.1. The molecule has 0 radical (unpaired) electrons. The number of hydrogen-bond donors (Lipinski definition) is 1. The summed E-state index contributed by atoms with van der Waals surface area (Å²) < 4.78 is 18.3. The molecule has 0 fully saturated rings. The standard InChI is InChI=1S/C12H8FNO3/c13-8-1-2-10(12(15)16)11(7-8)17-9-3-5-14-6-4-9/h1-7H,(H,15,16). The number of carbonyl (C=O) groups is 1. The average molecular weight is 233 g/mol. The Morgan fingerprint density at radius 1 is 1.24 bits per heavy atom.